The van der Waals surface area contributed by atoms with E-state index in [1.807, 2.05) is 55.6 Å². The van der Waals surface area contributed by atoms with Crippen LogP contribution in [0.15, 0.2) is 61.2 Å². The Hall–Kier alpha value is -2.79. The van der Waals surface area contributed by atoms with Gasteiger partial charge < -0.3 is 19.7 Å². The number of likely N-dealkylation sites (N-methyl/N-ethyl adjacent to an activating group) is 1. The molecule has 2 N–H and O–H groups in total. The van der Waals surface area contributed by atoms with Gasteiger partial charge in [0.25, 0.3) is 5.91 Å². The van der Waals surface area contributed by atoms with Gasteiger partial charge in [-0.05, 0) is 42.0 Å². The summed E-state index contributed by atoms with van der Waals surface area (Å²) in [6.07, 6.45) is 1.72. The summed E-state index contributed by atoms with van der Waals surface area (Å²) in [5.41, 5.74) is 2.21. The summed E-state index contributed by atoms with van der Waals surface area (Å²) in [6.45, 7) is 5.85. The summed E-state index contributed by atoms with van der Waals surface area (Å²) in [4.78, 5) is 13.2. The summed E-state index contributed by atoms with van der Waals surface area (Å²) in [6, 6.07) is 15.6. The fourth-order valence-corrected chi connectivity index (χ4v) is 2.55. The minimum atomic E-state index is 0.0317. The van der Waals surface area contributed by atoms with E-state index in [0.717, 1.165) is 34.1 Å². The second-order valence-corrected chi connectivity index (χ2v) is 6.18. The number of hydrogen-bond donors (Lipinski definition) is 2. The normalized spacial score (nSPS) is 11.5. The number of quaternary nitrogens is 1. The average Bonchev–Trinajstić information content (AvgIpc) is 2.66. The smallest absolute Gasteiger partial charge is 0.275 e. The van der Waals surface area contributed by atoms with Gasteiger partial charge in [-0.15, -0.1) is 0 Å². The molecule has 0 aliphatic carbocycles. The first kappa shape index (κ1) is 19.5. The number of hydrogen-bond acceptors (Lipinski definition) is 3. The summed E-state index contributed by atoms with van der Waals surface area (Å²) in [7, 11) is 3.65. The summed E-state index contributed by atoms with van der Waals surface area (Å²) in [5, 5.41) is 2.96. The van der Waals surface area contributed by atoms with Gasteiger partial charge >= 0.3 is 0 Å². The van der Waals surface area contributed by atoms with Crippen molar-refractivity contribution < 1.29 is 19.2 Å². The van der Waals surface area contributed by atoms with E-state index in [9.17, 15) is 4.79 Å². The van der Waals surface area contributed by atoms with Crippen LogP contribution in [0, 0.1) is 0 Å². The van der Waals surface area contributed by atoms with Gasteiger partial charge in [-0.1, -0.05) is 24.8 Å². The van der Waals surface area contributed by atoms with Crippen LogP contribution >= 0.6 is 0 Å². The summed E-state index contributed by atoms with van der Waals surface area (Å²) >= 11 is 0. The van der Waals surface area contributed by atoms with Crippen LogP contribution in [-0.4, -0.2) is 33.2 Å². The molecule has 1 atom stereocenters. The highest BCUT2D eigenvalue weighted by atomic mass is 16.5. The van der Waals surface area contributed by atoms with Gasteiger partial charge in [0.15, 0.2) is 6.54 Å². The Morgan fingerprint density at radius 1 is 1.08 bits per heavy atom. The van der Waals surface area contributed by atoms with Gasteiger partial charge in [0.05, 0.1) is 14.2 Å². The molecule has 0 aliphatic rings. The van der Waals surface area contributed by atoms with Crippen LogP contribution in [0.5, 0.6) is 11.5 Å². The molecule has 0 bridgehead atoms. The molecule has 0 saturated heterocycles. The Balaban J connectivity index is 1.74. The van der Waals surface area contributed by atoms with Crippen LogP contribution in [0.1, 0.15) is 11.1 Å². The first-order valence-electron chi connectivity index (χ1n) is 8.64. The first-order chi connectivity index (χ1) is 12.6. The van der Waals surface area contributed by atoms with Gasteiger partial charge in [-0.2, -0.15) is 0 Å². The predicted molar refractivity (Wildman–Crippen MR) is 102 cm³/mol. The van der Waals surface area contributed by atoms with E-state index in [4.69, 9.17) is 9.47 Å². The fourth-order valence-electron chi connectivity index (χ4n) is 2.55. The van der Waals surface area contributed by atoms with Crippen molar-refractivity contribution in [2.24, 2.45) is 0 Å². The lowest BCUT2D eigenvalue weighted by atomic mass is 10.2. The molecule has 1 amide bonds. The van der Waals surface area contributed by atoms with Crippen molar-refractivity contribution in [3.05, 3.63) is 72.3 Å². The SMILES string of the molecule is C=CCOc1ccc(C[NH+](C)CC(=O)NCc2ccc(OC)cc2)cc1. The van der Waals surface area contributed by atoms with Crippen LogP contribution in [0.4, 0.5) is 0 Å². The molecule has 2 rings (SSSR count). The zero-order valence-electron chi connectivity index (χ0n) is 15.5. The number of amides is 1. The lowest BCUT2D eigenvalue weighted by molar-refractivity contribution is -0.885. The molecule has 5 nitrogen and oxygen atoms in total. The van der Waals surface area contributed by atoms with Crippen molar-refractivity contribution in [1.82, 2.24) is 5.32 Å². The Morgan fingerprint density at radius 2 is 1.69 bits per heavy atom. The second-order valence-electron chi connectivity index (χ2n) is 6.18. The van der Waals surface area contributed by atoms with Crippen molar-refractivity contribution in [2.45, 2.75) is 13.1 Å². The molecule has 0 fully saturated rings. The van der Waals surface area contributed by atoms with E-state index in [-0.39, 0.29) is 5.91 Å². The third kappa shape index (κ3) is 6.61. The minimum Gasteiger partial charge on any atom is -0.497 e. The van der Waals surface area contributed by atoms with E-state index in [0.29, 0.717) is 19.7 Å². The molecule has 0 aliphatic heterocycles. The maximum absolute atomic E-state index is 12.1. The molecule has 0 spiro atoms. The number of carbonyl (C=O) groups excluding carboxylic acids is 1. The zero-order valence-corrected chi connectivity index (χ0v) is 15.5. The number of nitrogens with one attached hydrogen (secondary N) is 2. The molecular weight excluding hydrogens is 328 g/mol. The molecule has 0 radical (unpaired) electrons. The van der Waals surface area contributed by atoms with E-state index >= 15 is 0 Å². The van der Waals surface area contributed by atoms with E-state index in [1.165, 1.54) is 0 Å². The molecular formula is C21H27N2O3+. The summed E-state index contributed by atoms with van der Waals surface area (Å²) in [5.74, 6) is 1.66. The van der Waals surface area contributed by atoms with Crippen molar-refractivity contribution in [1.29, 1.82) is 0 Å². The molecule has 26 heavy (non-hydrogen) atoms. The summed E-state index contributed by atoms with van der Waals surface area (Å²) < 4.78 is 10.6. The topological polar surface area (TPSA) is 52.0 Å². The maximum atomic E-state index is 12.1. The molecule has 138 valence electrons. The fraction of sp³-hybridized carbons (Fsp3) is 0.286. The Labute approximate surface area is 155 Å². The third-order valence-corrected chi connectivity index (χ3v) is 3.91. The minimum absolute atomic E-state index is 0.0317. The van der Waals surface area contributed by atoms with E-state index < -0.39 is 0 Å². The van der Waals surface area contributed by atoms with Crippen molar-refractivity contribution in [3.63, 3.8) is 0 Å². The van der Waals surface area contributed by atoms with Gasteiger partial charge in [0, 0.05) is 12.1 Å². The second kappa shape index (κ2) is 10.3. The van der Waals surface area contributed by atoms with Crippen LogP contribution in [0.3, 0.4) is 0 Å². The monoisotopic (exact) mass is 355 g/mol. The van der Waals surface area contributed by atoms with Crippen molar-refractivity contribution >= 4 is 5.91 Å². The molecule has 0 aromatic heterocycles. The number of benzene rings is 2. The standard InChI is InChI=1S/C21H26N2O3/c1-4-13-26-20-11-7-18(8-12-20)15-23(2)16-21(24)22-14-17-5-9-19(25-3)10-6-17/h4-12H,1,13-16H2,2-3H3,(H,22,24)/p+1. The van der Waals surface area contributed by atoms with Crippen LogP contribution in [0.2, 0.25) is 0 Å². The molecule has 0 saturated carbocycles. The van der Waals surface area contributed by atoms with Gasteiger partial charge in [0.1, 0.15) is 24.7 Å². The van der Waals surface area contributed by atoms with Crippen molar-refractivity contribution in [3.8, 4) is 11.5 Å². The average molecular weight is 355 g/mol. The number of methoxy groups -OCH3 is 1. The van der Waals surface area contributed by atoms with Gasteiger partial charge in [0.2, 0.25) is 0 Å². The maximum Gasteiger partial charge on any atom is 0.275 e. The molecule has 0 heterocycles. The number of carbonyl (C=O) groups is 1. The van der Waals surface area contributed by atoms with Crippen molar-refractivity contribution in [2.75, 3.05) is 27.3 Å². The Morgan fingerprint density at radius 3 is 2.31 bits per heavy atom. The van der Waals surface area contributed by atoms with Crippen LogP contribution < -0.4 is 19.7 Å². The Kier molecular flexibility index (Phi) is 7.71. The highest BCUT2D eigenvalue weighted by Crippen LogP contribution is 2.12. The molecule has 1 unspecified atom stereocenters. The predicted octanol–water partition coefficient (Wildman–Crippen LogP) is 1.59. The largest absolute Gasteiger partial charge is 0.497 e. The molecule has 5 heteroatoms. The Bertz CT molecular complexity index is 696. The van der Waals surface area contributed by atoms with Gasteiger partial charge in [-0.3, -0.25) is 4.79 Å². The van der Waals surface area contributed by atoms with Gasteiger partial charge in [-0.25, -0.2) is 0 Å². The molecule has 2 aromatic carbocycles. The lowest BCUT2D eigenvalue weighted by Crippen LogP contribution is -3.08. The highest BCUT2D eigenvalue weighted by Gasteiger charge is 2.10. The van der Waals surface area contributed by atoms with Crippen LogP contribution in [0.25, 0.3) is 0 Å². The third-order valence-electron chi connectivity index (χ3n) is 3.91. The first-order valence-corrected chi connectivity index (χ1v) is 8.64. The lowest BCUT2D eigenvalue weighted by Gasteiger charge is -2.14. The van der Waals surface area contributed by atoms with E-state index in [1.54, 1.807) is 13.2 Å². The highest BCUT2D eigenvalue weighted by molar-refractivity contribution is 5.76. The quantitative estimate of drug-likeness (QED) is 0.637. The van der Waals surface area contributed by atoms with Crippen LogP contribution in [-0.2, 0) is 17.9 Å². The number of ether oxygens (including phenoxy) is 2. The zero-order chi connectivity index (χ0) is 18.8. The molecule has 2 aromatic rings. The number of rotatable bonds is 10. The van der Waals surface area contributed by atoms with E-state index in [2.05, 4.69) is 11.9 Å².